The minimum absolute atomic E-state index is 0.161. The molecule has 0 saturated carbocycles. The summed E-state index contributed by atoms with van der Waals surface area (Å²) in [6.07, 6.45) is 5.06. The molecule has 1 aliphatic heterocycles. The Labute approximate surface area is 136 Å². The molecule has 23 heavy (non-hydrogen) atoms. The number of piperidine rings is 1. The first-order valence-corrected chi connectivity index (χ1v) is 8.08. The summed E-state index contributed by atoms with van der Waals surface area (Å²) in [4.78, 5) is 17.7. The third kappa shape index (κ3) is 3.59. The van der Waals surface area contributed by atoms with E-state index in [-0.39, 0.29) is 12.0 Å². The number of pyridine rings is 1. The molecule has 0 spiro atoms. The Morgan fingerprint density at radius 2 is 1.65 bits per heavy atom. The highest BCUT2D eigenvalue weighted by molar-refractivity contribution is 5.70. The van der Waals surface area contributed by atoms with Crippen molar-refractivity contribution in [2.45, 2.75) is 25.8 Å². The number of aliphatic carboxylic acids is 1. The topological polar surface area (TPSA) is 53.4 Å². The molecular weight excluding hydrogens is 288 g/mol. The fraction of sp³-hybridized carbons (Fsp3) is 0.368. The van der Waals surface area contributed by atoms with Gasteiger partial charge in [-0.3, -0.25) is 14.7 Å². The second-order valence-corrected chi connectivity index (χ2v) is 6.24. The van der Waals surface area contributed by atoms with E-state index in [1.807, 2.05) is 24.5 Å². The Hall–Kier alpha value is -2.20. The van der Waals surface area contributed by atoms with E-state index in [2.05, 4.69) is 41.1 Å². The number of likely N-dealkylation sites (tertiary alicyclic amines) is 1. The molecule has 1 saturated heterocycles. The fourth-order valence-electron chi connectivity index (χ4n) is 3.31. The summed E-state index contributed by atoms with van der Waals surface area (Å²) < 4.78 is 0. The summed E-state index contributed by atoms with van der Waals surface area (Å²) in [7, 11) is 0. The molecule has 4 nitrogen and oxygen atoms in total. The van der Waals surface area contributed by atoms with Gasteiger partial charge in [0.25, 0.3) is 0 Å². The number of nitrogens with zero attached hydrogens (tertiary/aromatic N) is 2. The van der Waals surface area contributed by atoms with Gasteiger partial charge in [-0.15, -0.1) is 0 Å². The largest absolute Gasteiger partial charge is 0.481 e. The lowest BCUT2D eigenvalue weighted by Crippen LogP contribution is -2.39. The van der Waals surface area contributed by atoms with Crippen LogP contribution in [0.3, 0.4) is 0 Å². The average molecular weight is 310 g/mol. The number of rotatable bonds is 4. The third-order valence-electron chi connectivity index (χ3n) is 4.66. The van der Waals surface area contributed by atoms with Crippen molar-refractivity contribution in [3.05, 3.63) is 65.5 Å². The van der Waals surface area contributed by atoms with E-state index in [0.717, 1.165) is 13.1 Å². The van der Waals surface area contributed by atoms with Crippen molar-refractivity contribution < 1.29 is 9.90 Å². The van der Waals surface area contributed by atoms with Gasteiger partial charge in [-0.1, -0.05) is 29.8 Å². The molecule has 3 rings (SSSR count). The van der Waals surface area contributed by atoms with Crippen molar-refractivity contribution in [2.24, 2.45) is 5.92 Å². The van der Waals surface area contributed by atoms with Crippen molar-refractivity contribution in [3.63, 3.8) is 0 Å². The predicted molar refractivity (Wildman–Crippen MR) is 89.2 cm³/mol. The first-order valence-electron chi connectivity index (χ1n) is 8.08. The third-order valence-corrected chi connectivity index (χ3v) is 4.66. The van der Waals surface area contributed by atoms with Crippen LogP contribution in [0.1, 0.15) is 35.6 Å². The van der Waals surface area contributed by atoms with Crippen LogP contribution in [-0.2, 0) is 4.79 Å². The highest BCUT2D eigenvalue weighted by Gasteiger charge is 2.30. The molecule has 0 bridgehead atoms. The van der Waals surface area contributed by atoms with Crippen LogP contribution in [0.2, 0.25) is 0 Å². The molecular formula is C19H22N2O2. The lowest BCUT2D eigenvalue weighted by Gasteiger charge is -2.37. The second-order valence-electron chi connectivity index (χ2n) is 6.24. The van der Waals surface area contributed by atoms with Crippen molar-refractivity contribution in [2.75, 3.05) is 13.1 Å². The molecule has 1 aliphatic rings. The zero-order valence-electron chi connectivity index (χ0n) is 13.4. The number of aromatic nitrogens is 1. The molecule has 0 radical (unpaired) electrons. The normalized spacial score (nSPS) is 17.8. The van der Waals surface area contributed by atoms with Crippen LogP contribution in [0.5, 0.6) is 0 Å². The van der Waals surface area contributed by atoms with Crippen molar-refractivity contribution >= 4 is 5.97 Å². The van der Waals surface area contributed by atoms with Gasteiger partial charge < -0.3 is 5.11 Å². The van der Waals surface area contributed by atoms with Crippen LogP contribution in [0, 0.1) is 12.8 Å². The lowest BCUT2D eigenvalue weighted by atomic mass is 9.91. The molecule has 2 aromatic rings. The number of hydrogen-bond donors (Lipinski definition) is 1. The van der Waals surface area contributed by atoms with E-state index >= 15 is 0 Å². The van der Waals surface area contributed by atoms with Crippen LogP contribution in [-0.4, -0.2) is 34.0 Å². The zero-order chi connectivity index (χ0) is 16.2. The molecule has 2 heterocycles. The molecule has 0 aliphatic carbocycles. The summed E-state index contributed by atoms with van der Waals surface area (Å²) in [5.41, 5.74) is 3.69. The fourth-order valence-corrected chi connectivity index (χ4v) is 3.31. The van der Waals surface area contributed by atoms with Gasteiger partial charge >= 0.3 is 5.97 Å². The predicted octanol–water partition coefficient (Wildman–Crippen LogP) is 3.28. The molecule has 1 N–H and O–H groups in total. The van der Waals surface area contributed by atoms with Crippen molar-refractivity contribution in [1.82, 2.24) is 9.88 Å². The minimum atomic E-state index is -0.666. The molecule has 1 aromatic heterocycles. The first-order chi connectivity index (χ1) is 11.1. The van der Waals surface area contributed by atoms with Crippen molar-refractivity contribution in [1.29, 1.82) is 0 Å². The van der Waals surface area contributed by atoms with E-state index in [1.165, 1.54) is 16.7 Å². The summed E-state index contributed by atoms with van der Waals surface area (Å²) >= 11 is 0. The van der Waals surface area contributed by atoms with Crippen LogP contribution in [0.15, 0.2) is 48.8 Å². The molecule has 1 atom stereocenters. The Bertz CT molecular complexity index is 647. The van der Waals surface area contributed by atoms with Crippen LogP contribution in [0.4, 0.5) is 0 Å². The Balaban J connectivity index is 1.87. The average Bonchev–Trinajstić information content (AvgIpc) is 2.58. The van der Waals surface area contributed by atoms with E-state index in [4.69, 9.17) is 0 Å². The molecule has 1 fully saturated rings. The zero-order valence-corrected chi connectivity index (χ0v) is 13.4. The number of carbonyl (C=O) groups is 1. The maximum absolute atomic E-state index is 11.2. The van der Waals surface area contributed by atoms with Crippen LogP contribution < -0.4 is 0 Å². The van der Waals surface area contributed by atoms with Gasteiger partial charge in [0.05, 0.1) is 12.0 Å². The Morgan fingerprint density at radius 1 is 1.09 bits per heavy atom. The summed E-state index contributed by atoms with van der Waals surface area (Å²) in [5, 5.41) is 9.20. The van der Waals surface area contributed by atoms with Gasteiger partial charge in [-0.25, -0.2) is 0 Å². The molecule has 4 heteroatoms. The Kier molecular flexibility index (Phi) is 4.72. The standard InChI is InChI=1S/C19H22N2O2/c1-14-2-4-15(5-3-14)18(16-6-10-20-11-7-16)21-12-8-17(9-13-21)19(22)23/h2-7,10-11,17-18H,8-9,12-13H2,1H3,(H,22,23). The number of benzene rings is 1. The SMILES string of the molecule is Cc1ccc(C(c2ccncc2)N2CCC(C(=O)O)CC2)cc1. The minimum Gasteiger partial charge on any atom is -0.481 e. The highest BCUT2D eigenvalue weighted by Crippen LogP contribution is 2.32. The van der Waals surface area contributed by atoms with Gasteiger partial charge in [-0.2, -0.15) is 0 Å². The quantitative estimate of drug-likeness (QED) is 0.941. The highest BCUT2D eigenvalue weighted by atomic mass is 16.4. The van der Waals surface area contributed by atoms with Gasteiger partial charge in [0.1, 0.15) is 0 Å². The van der Waals surface area contributed by atoms with Gasteiger partial charge in [0.2, 0.25) is 0 Å². The van der Waals surface area contributed by atoms with Crippen LogP contribution >= 0.6 is 0 Å². The summed E-state index contributed by atoms with van der Waals surface area (Å²) in [6.45, 7) is 3.69. The monoisotopic (exact) mass is 310 g/mol. The van der Waals surface area contributed by atoms with E-state index in [1.54, 1.807) is 0 Å². The Morgan fingerprint density at radius 3 is 2.22 bits per heavy atom. The molecule has 1 unspecified atom stereocenters. The van der Waals surface area contributed by atoms with Gasteiger partial charge in [-0.05, 0) is 56.1 Å². The second kappa shape index (κ2) is 6.92. The lowest BCUT2D eigenvalue weighted by molar-refractivity contribution is -0.143. The number of carboxylic acids is 1. The first kappa shape index (κ1) is 15.7. The summed E-state index contributed by atoms with van der Waals surface area (Å²) in [6, 6.07) is 12.9. The van der Waals surface area contributed by atoms with Gasteiger partial charge in [0.15, 0.2) is 0 Å². The maximum atomic E-state index is 11.2. The van der Waals surface area contributed by atoms with Crippen molar-refractivity contribution in [3.8, 4) is 0 Å². The van der Waals surface area contributed by atoms with Crippen LogP contribution in [0.25, 0.3) is 0 Å². The smallest absolute Gasteiger partial charge is 0.306 e. The number of hydrogen-bond acceptors (Lipinski definition) is 3. The molecule has 120 valence electrons. The molecule has 1 aromatic carbocycles. The van der Waals surface area contributed by atoms with E-state index in [0.29, 0.717) is 12.8 Å². The number of carboxylic acid groups (broad SMARTS) is 1. The number of aryl methyl sites for hydroxylation is 1. The van der Waals surface area contributed by atoms with E-state index < -0.39 is 5.97 Å². The van der Waals surface area contributed by atoms with E-state index in [9.17, 15) is 9.90 Å². The van der Waals surface area contributed by atoms with Gasteiger partial charge in [0, 0.05) is 12.4 Å². The summed E-state index contributed by atoms with van der Waals surface area (Å²) in [5.74, 6) is -0.872. The molecule has 0 amide bonds. The maximum Gasteiger partial charge on any atom is 0.306 e.